The van der Waals surface area contributed by atoms with E-state index in [2.05, 4.69) is 26.5 Å². The number of halogens is 1. The van der Waals surface area contributed by atoms with Gasteiger partial charge < -0.3 is 15.6 Å². The second kappa shape index (κ2) is 6.95. The highest BCUT2D eigenvalue weighted by atomic mass is 79.9. The lowest BCUT2D eigenvalue weighted by Gasteiger charge is -2.06. The number of ether oxygens (including phenoxy) is 1. The van der Waals surface area contributed by atoms with Crippen LogP contribution in [-0.4, -0.2) is 24.3 Å². The molecule has 0 aliphatic carbocycles. The number of hydrazone groups is 1. The summed E-state index contributed by atoms with van der Waals surface area (Å²) in [5, 5.41) is 13.8. The Morgan fingerprint density at radius 1 is 1.36 bits per heavy atom. The Morgan fingerprint density at radius 2 is 2.05 bits per heavy atom. The Bertz CT molecular complexity index is 715. The summed E-state index contributed by atoms with van der Waals surface area (Å²) in [6.45, 7) is 0. The van der Waals surface area contributed by atoms with Crippen LogP contribution in [-0.2, 0) is 0 Å². The first-order chi connectivity index (χ1) is 10.5. The highest BCUT2D eigenvalue weighted by Crippen LogP contribution is 2.32. The van der Waals surface area contributed by atoms with E-state index in [1.807, 2.05) is 0 Å². The molecule has 0 saturated heterocycles. The van der Waals surface area contributed by atoms with Crippen molar-refractivity contribution in [3.05, 3.63) is 52.0 Å². The van der Waals surface area contributed by atoms with Crippen LogP contribution in [0.1, 0.15) is 15.9 Å². The van der Waals surface area contributed by atoms with Gasteiger partial charge in [0.15, 0.2) is 11.5 Å². The molecule has 0 fully saturated rings. The molecule has 7 heteroatoms. The number of carbonyl (C=O) groups excluding carboxylic acids is 1. The van der Waals surface area contributed by atoms with Crippen molar-refractivity contribution in [1.82, 2.24) is 5.43 Å². The summed E-state index contributed by atoms with van der Waals surface area (Å²) in [6.07, 6.45) is 1.33. The van der Waals surface area contributed by atoms with Gasteiger partial charge in [-0.1, -0.05) is 15.9 Å². The lowest BCUT2D eigenvalue weighted by atomic mass is 10.2. The van der Waals surface area contributed by atoms with Crippen molar-refractivity contribution in [2.24, 2.45) is 5.10 Å². The average Bonchev–Trinajstić information content (AvgIpc) is 2.50. The van der Waals surface area contributed by atoms with Crippen molar-refractivity contribution < 1.29 is 14.6 Å². The number of hydrogen-bond donors (Lipinski definition) is 3. The van der Waals surface area contributed by atoms with Crippen molar-refractivity contribution in [1.29, 1.82) is 0 Å². The summed E-state index contributed by atoms with van der Waals surface area (Å²) in [6, 6.07) is 9.73. The van der Waals surface area contributed by atoms with Gasteiger partial charge in [-0.3, -0.25) is 4.79 Å². The van der Waals surface area contributed by atoms with Gasteiger partial charge >= 0.3 is 0 Å². The third-order valence-corrected chi connectivity index (χ3v) is 3.29. The second-order valence-corrected chi connectivity index (χ2v) is 5.28. The summed E-state index contributed by atoms with van der Waals surface area (Å²) in [7, 11) is 1.45. The van der Waals surface area contributed by atoms with Gasteiger partial charge in [-0.15, -0.1) is 0 Å². The molecule has 0 aliphatic rings. The number of hydrogen-bond acceptors (Lipinski definition) is 5. The number of nitrogens with one attached hydrogen (secondary N) is 1. The lowest BCUT2D eigenvalue weighted by Crippen LogP contribution is -2.17. The van der Waals surface area contributed by atoms with E-state index < -0.39 is 0 Å². The Morgan fingerprint density at radius 3 is 2.68 bits per heavy atom. The Balaban J connectivity index is 2.11. The topological polar surface area (TPSA) is 96.9 Å². The predicted octanol–water partition coefficient (Wildman–Crippen LogP) is 2.51. The van der Waals surface area contributed by atoms with Gasteiger partial charge in [0, 0.05) is 21.3 Å². The fourth-order valence-corrected chi connectivity index (χ4v) is 2.16. The van der Waals surface area contributed by atoms with Crippen LogP contribution >= 0.6 is 15.9 Å². The van der Waals surface area contributed by atoms with E-state index in [0.29, 0.717) is 27.0 Å². The maximum atomic E-state index is 11.9. The number of carbonyl (C=O) groups is 1. The van der Waals surface area contributed by atoms with Crippen molar-refractivity contribution in [3.63, 3.8) is 0 Å². The van der Waals surface area contributed by atoms with E-state index in [0.717, 1.165) is 0 Å². The van der Waals surface area contributed by atoms with Gasteiger partial charge in [-0.2, -0.15) is 5.10 Å². The summed E-state index contributed by atoms with van der Waals surface area (Å²) in [5.74, 6) is -0.130. The van der Waals surface area contributed by atoms with Gasteiger partial charge in [0.1, 0.15) is 0 Å². The SMILES string of the molecule is COc1cc(Br)cc(/C=N\NC(=O)c2ccc(N)cc2)c1O. The number of phenolic OH excluding ortho intramolecular Hbond substituents is 1. The third kappa shape index (κ3) is 3.76. The van der Waals surface area contributed by atoms with Crippen LogP contribution in [0.15, 0.2) is 46.0 Å². The van der Waals surface area contributed by atoms with Crippen molar-refractivity contribution >= 4 is 33.7 Å². The molecule has 0 aliphatic heterocycles. The standard InChI is InChI=1S/C15H14BrN3O3/c1-22-13-7-11(16)6-10(14(13)20)8-18-19-15(21)9-2-4-12(17)5-3-9/h2-8,20H,17H2,1H3,(H,19,21)/b18-8-. The maximum Gasteiger partial charge on any atom is 0.271 e. The molecule has 6 nitrogen and oxygen atoms in total. The van der Waals surface area contributed by atoms with Crippen molar-refractivity contribution in [2.75, 3.05) is 12.8 Å². The number of amides is 1. The largest absolute Gasteiger partial charge is 0.504 e. The van der Waals surface area contributed by atoms with E-state index in [4.69, 9.17) is 10.5 Å². The molecule has 22 heavy (non-hydrogen) atoms. The normalized spacial score (nSPS) is 10.6. The highest BCUT2D eigenvalue weighted by molar-refractivity contribution is 9.10. The van der Waals surface area contributed by atoms with Crippen LogP contribution < -0.4 is 15.9 Å². The Kier molecular flexibility index (Phi) is 5.00. The minimum Gasteiger partial charge on any atom is -0.504 e. The van der Waals surface area contributed by atoms with Crippen LogP contribution in [0.4, 0.5) is 5.69 Å². The zero-order valence-corrected chi connectivity index (χ0v) is 13.3. The molecule has 0 unspecified atom stereocenters. The maximum absolute atomic E-state index is 11.9. The summed E-state index contributed by atoms with van der Waals surface area (Å²) < 4.78 is 5.75. The molecule has 0 saturated carbocycles. The predicted molar refractivity (Wildman–Crippen MR) is 88.3 cm³/mol. The summed E-state index contributed by atoms with van der Waals surface area (Å²) in [4.78, 5) is 11.9. The minimum atomic E-state index is -0.377. The quantitative estimate of drug-likeness (QED) is 0.441. The number of aromatic hydroxyl groups is 1. The molecule has 2 aromatic rings. The number of phenols is 1. The van der Waals surface area contributed by atoms with Gasteiger partial charge in [-0.05, 0) is 36.4 Å². The zero-order valence-electron chi connectivity index (χ0n) is 11.7. The highest BCUT2D eigenvalue weighted by Gasteiger charge is 2.08. The first-order valence-electron chi connectivity index (χ1n) is 6.26. The van der Waals surface area contributed by atoms with Gasteiger partial charge in [-0.25, -0.2) is 5.43 Å². The molecule has 0 heterocycles. The lowest BCUT2D eigenvalue weighted by molar-refractivity contribution is 0.0955. The van der Waals surface area contributed by atoms with Crippen LogP contribution in [0.5, 0.6) is 11.5 Å². The van der Waals surface area contributed by atoms with Crippen LogP contribution in [0.3, 0.4) is 0 Å². The molecular formula is C15H14BrN3O3. The molecule has 2 rings (SSSR count). The molecule has 0 atom stereocenters. The molecule has 114 valence electrons. The third-order valence-electron chi connectivity index (χ3n) is 2.83. The Hall–Kier alpha value is -2.54. The van der Waals surface area contributed by atoms with E-state index in [9.17, 15) is 9.90 Å². The molecule has 1 amide bonds. The second-order valence-electron chi connectivity index (χ2n) is 4.37. The van der Waals surface area contributed by atoms with E-state index in [1.54, 1.807) is 36.4 Å². The molecule has 0 bridgehead atoms. The Labute approximate surface area is 135 Å². The number of benzene rings is 2. The average molecular weight is 364 g/mol. The first-order valence-corrected chi connectivity index (χ1v) is 7.06. The zero-order chi connectivity index (χ0) is 16.1. The molecule has 0 aromatic heterocycles. The van der Waals surface area contributed by atoms with Crippen molar-refractivity contribution in [2.45, 2.75) is 0 Å². The van der Waals surface area contributed by atoms with Gasteiger partial charge in [0.05, 0.1) is 13.3 Å². The number of rotatable bonds is 4. The molecule has 0 spiro atoms. The van der Waals surface area contributed by atoms with E-state index >= 15 is 0 Å². The number of methoxy groups -OCH3 is 1. The van der Waals surface area contributed by atoms with Crippen LogP contribution in [0, 0.1) is 0 Å². The molecule has 0 radical (unpaired) electrons. The number of nitrogens with zero attached hydrogens (tertiary/aromatic N) is 1. The molecule has 4 N–H and O–H groups in total. The van der Waals surface area contributed by atoms with Crippen LogP contribution in [0.2, 0.25) is 0 Å². The van der Waals surface area contributed by atoms with Gasteiger partial charge in [0.2, 0.25) is 0 Å². The smallest absolute Gasteiger partial charge is 0.271 e. The molecule has 2 aromatic carbocycles. The van der Waals surface area contributed by atoms with E-state index in [-0.39, 0.29) is 11.7 Å². The van der Waals surface area contributed by atoms with Gasteiger partial charge in [0.25, 0.3) is 5.91 Å². The fraction of sp³-hybridized carbons (Fsp3) is 0.0667. The fourth-order valence-electron chi connectivity index (χ4n) is 1.71. The van der Waals surface area contributed by atoms with E-state index in [1.165, 1.54) is 13.3 Å². The van der Waals surface area contributed by atoms with Crippen molar-refractivity contribution in [3.8, 4) is 11.5 Å². The minimum absolute atomic E-state index is 0.0591. The molecular weight excluding hydrogens is 350 g/mol. The summed E-state index contributed by atoms with van der Waals surface area (Å²) in [5.41, 5.74) is 9.34. The number of nitrogens with two attached hydrogens (primary N) is 1. The van der Waals surface area contributed by atoms with Crippen LogP contribution in [0.25, 0.3) is 0 Å². The number of anilines is 1. The monoisotopic (exact) mass is 363 g/mol. The first kappa shape index (κ1) is 15.8. The summed E-state index contributed by atoms with van der Waals surface area (Å²) >= 11 is 3.30. The number of nitrogen functional groups attached to an aromatic ring is 1.